The Bertz CT molecular complexity index is 349. The highest BCUT2D eigenvalue weighted by atomic mass is 35.5. The van der Waals surface area contributed by atoms with Crippen molar-refractivity contribution in [2.45, 2.75) is 6.42 Å². The molecular formula is C13H18Cl2N2. The maximum Gasteiger partial charge on any atom is 0.0426 e. The van der Waals surface area contributed by atoms with Crippen molar-refractivity contribution in [1.82, 2.24) is 4.90 Å². The smallest absolute Gasteiger partial charge is 0.0426 e. The summed E-state index contributed by atoms with van der Waals surface area (Å²) in [6, 6.07) is 8.09. The van der Waals surface area contributed by atoms with Gasteiger partial charge in [-0.1, -0.05) is 17.7 Å². The Morgan fingerprint density at radius 2 is 1.88 bits per heavy atom. The maximum atomic E-state index is 6.01. The number of piperazine rings is 1. The van der Waals surface area contributed by atoms with Gasteiger partial charge in [-0.3, -0.25) is 4.90 Å². The minimum Gasteiger partial charge on any atom is -0.369 e. The Balaban J connectivity index is 1.86. The first-order valence-corrected chi connectivity index (χ1v) is 6.99. The van der Waals surface area contributed by atoms with Crippen molar-refractivity contribution in [3.8, 4) is 0 Å². The van der Waals surface area contributed by atoms with Crippen LogP contribution in [0.1, 0.15) is 6.42 Å². The van der Waals surface area contributed by atoms with Gasteiger partial charge in [-0.2, -0.15) is 0 Å². The molecule has 0 aromatic heterocycles. The van der Waals surface area contributed by atoms with Gasteiger partial charge in [-0.05, 0) is 31.2 Å². The summed E-state index contributed by atoms with van der Waals surface area (Å²) in [5.41, 5.74) is 1.23. The summed E-state index contributed by atoms with van der Waals surface area (Å²) in [5.74, 6) is 0.758. The molecule has 1 aliphatic rings. The molecule has 0 saturated carbocycles. The second-order valence-electron chi connectivity index (χ2n) is 4.35. The van der Waals surface area contributed by atoms with Gasteiger partial charge in [-0.25, -0.2) is 0 Å². The minimum atomic E-state index is 0.758. The highest BCUT2D eigenvalue weighted by Gasteiger charge is 2.16. The van der Waals surface area contributed by atoms with Crippen molar-refractivity contribution in [1.29, 1.82) is 0 Å². The van der Waals surface area contributed by atoms with E-state index >= 15 is 0 Å². The topological polar surface area (TPSA) is 6.48 Å². The molecule has 2 rings (SSSR count). The van der Waals surface area contributed by atoms with Gasteiger partial charge in [0.05, 0.1) is 0 Å². The average molecular weight is 273 g/mol. The van der Waals surface area contributed by atoms with Crippen LogP contribution in [0.3, 0.4) is 0 Å². The molecule has 0 spiro atoms. The zero-order chi connectivity index (χ0) is 12.1. The number of hydrogen-bond acceptors (Lipinski definition) is 2. The molecule has 0 atom stereocenters. The fourth-order valence-electron chi connectivity index (χ4n) is 2.19. The summed E-state index contributed by atoms with van der Waals surface area (Å²) in [4.78, 5) is 4.87. The fraction of sp³-hybridized carbons (Fsp3) is 0.538. The summed E-state index contributed by atoms with van der Waals surface area (Å²) in [7, 11) is 0. The monoisotopic (exact) mass is 272 g/mol. The van der Waals surface area contributed by atoms with E-state index in [1.54, 1.807) is 0 Å². The zero-order valence-electron chi connectivity index (χ0n) is 9.91. The van der Waals surface area contributed by atoms with Gasteiger partial charge in [0.15, 0.2) is 0 Å². The van der Waals surface area contributed by atoms with Crippen molar-refractivity contribution in [2.75, 3.05) is 43.5 Å². The van der Waals surface area contributed by atoms with E-state index < -0.39 is 0 Å². The van der Waals surface area contributed by atoms with Gasteiger partial charge in [0.2, 0.25) is 0 Å². The van der Waals surface area contributed by atoms with Crippen molar-refractivity contribution in [2.24, 2.45) is 0 Å². The van der Waals surface area contributed by atoms with Crippen molar-refractivity contribution in [3.05, 3.63) is 29.3 Å². The van der Waals surface area contributed by atoms with Gasteiger partial charge >= 0.3 is 0 Å². The highest BCUT2D eigenvalue weighted by Crippen LogP contribution is 2.20. The van der Waals surface area contributed by atoms with E-state index in [1.165, 1.54) is 5.69 Å². The van der Waals surface area contributed by atoms with E-state index in [9.17, 15) is 0 Å². The number of nitrogens with zero attached hydrogens (tertiary/aromatic N) is 2. The molecule has 1 aromatic carbocycles. The summed E-state index contributed by atoms with van der Waals surface area (Å²) in [6.07, 6.45) is 1.08. The number of anilines is 1. The van der Waals surface area contributed by atoms with Crippen LogP contribution in [0.4, 0.5) is 5.69 Å². The Labute approximate surface area is 113 Å². The molecule has 1 aliphatic heterocycles. The number of alkyl halides is 1. The number of rotatable bonds is 4. The van der Waals surface area contributed by atoms with Crippen LogP contribution in [0.15, 0.2) is 24.3 Å². The van der Waals surface area contributed by atoms with Crippen LogP contribution in [0, 0.1) is 0 Å². The molecule has 94 valence electrons. The molecule has 4 heteroatoms. The van der Waals surface area contributed by atoms with E-state index in [0.717, 1.165) is 50.0 Å². The Hall–Kier alpha value is -0.440. The van der Waals surface area contributed by atoms with Gasteiger partial charge < -0.3 is 4.90 Å². The molecule has 1 aromatic rings. The van der Waals surface area contributed by atoms with Crippen LogP contribution in [-0.4, -0.2) is 43.5 Å². The normalized spacial score (nSPS) is 17.4. The Morgan fingerprint density at radius 1 is 1.12 bits per heavy atom. The van der Waals surface area contributed by atoms with Crippen molar-refractivity contribution >= 4 is 28.9 Å². The van der Waals surface area contributed by atoms with Crippen LogP contribution >= 0.6 is 23.2 Å². The summed E-state index contributed by atoms with van der Waals surface area (Å²) < 4.78 is 0. The van der Waals surface area contributed by atoms with Crippen LogP contribution in [0.25, 0.3) is 0 Å². The number of benzene rings is 1. The molecule has 17 heavy (non-hydrogen) atoms. The second kappa shape index (κ2) is 6.48. The lowest BCUT2D eigenvalue weighted by Crippen LogP contribution is -2.46. The van der Waals surface area contributed by atoms with E-state index in [4.69, 9.17) is 23.2 Å². The molecule has 0 radical (unpaired) electrons. The minimum absolute atomic E-state index is 0.758. The lowest BCUT2D eigenvalue weighted by Gasteiger charge is -2.36. The summed E-state index contributed by atoms with van der Waals surface area (Å²) in [5, 5.41) is 0.812. The molecule has 2 nitrogen and oxygen atoms in total. The lowest BCUT2D eigenvalue weighted by atomic mass is 10.2. The molecule has 1 saturated heterocycles. The molecule has 0 aliphatic carbocycles. The van der Waals surface area contributed by atoms with E-state index in [-0.39, 0.29) is 0 Å². The third-order valence-electron chi connectivity index (χ3n) is 3.15. The van der Waals surface area contributed by atoms with Crippen LogP contribution in [-0.2, 0) is 0 Å². The third kappa shape index (κ3) is 3.77. The molecule has 1 fully saturated rings. The Morgan fingerprint density at radius 3 is 2.53 bits per heavy atom. The second-order valence-corrected chi connectivity index (χ2v) is 5.17. The molecule has 0 bridgehead atoms. The maximum absolute atomic E-state index is 6.01. The first-order valence-electron chi connectivity index (χ1n) is 6.08. The SMILES string of the molecule is ClCCCN1CCN(c2cccc(Cl)c2)CC1. The molecular weight excluding hydrogens is 255 g/mol. The molecule has 0 unspecified atom stereocenters. The summed E-state index contributed by atoms with van der Waals surface area (Å²) >= 11 is 11.7. The van der Waals surface area contributed by atoms with Crippen molar-refractivity contribution < 1.29 is 0 Å². The molecule has 0 amide bonds. The number of halogens is 2. The van der Waals surface area contributed by atoms with Crippen LogP contribution < -0.4 is 4.90 Å². The first-order chi connectivity index (χ1) is 8.29. The summed E-state index contributed by atoms with van der Waals surface area (Å²) in [6.45, 7) is 5.49. The highest BCUT2D eigenvalue weighted by molar-refractivity contribution is 6.30. The van der Waals surface area contributed by atoms with Gasteiger partial charge in [0.1, 0.15) is 0 Å². The zero-order valence-corrected chi connectivity index (χ0v) is 11.4. The lowest BCUT2D eigenvalue weighted by molar-refractivity contribution is 0.259. The predicted molar refractivity (Wildman–Crippen MR) is 75.4 cm³/mol. The van der Waals surface area contributed by atoms with E-state index in [2.05, 4.69) is 15.9 Å². The quantitative estimate of drug-likeness (QED) is 0.778. The third-order valence-corrected chi connectivity index (χ3v) is 3.66. The van der Waals surface area contributed by atoms with E-state index in [1.807, 2.05) is 18.2 Å². The van der Waals surface area contributed by atoms with Crippen LogP contribution in [0.2, 0.25) is 5.02 Å². The van der Waals surface area contributed by atoms with E-state index in [0.29, 0.717) is 0 Å². The average Bonchev–Trinajstić information content (AvgIpc) is 2.37. The van der Waals surface area contributed by atoms with Gasteiger partial charge in [-0.15, -0.1) is 11.6 Å². The number of hydrogen-bond donors (Lipinski definition) is 0. The molecule has 1 heterocycles. The Kier molecular flexibility index (Phi) is 4.96. The largest absolute Gasteiger partial charge is 0.369 e. The first kappa shape index (κ1) is 13.0. The van der Waals surface area contributed by atoms with Crippen LogP contribution in [0.5, 0.6) is 0 Å². The predicted octanol–water partition coefficient (Wildman–Crippen LogP) is 3.09. The fourth-order valence-corrected chi connectivity index (χ4v) is 2.49. The standard InChI is InChI=1S/C13H18Cl2N2/c14-5-2-6-16-7-9-17(10-8-16)13-4-1-3-12(15)11-13/h1,3-4,11H,2,5-10H2. The van der Waals surface area contributed by atoms with Gasteiger partial charge in [0, 0.05) is 42.8 Å². The van der Waals surface area contributed by atoms with Gasteiger partial charge in [0.25, 0.3) is 0 Å². The van der Waals surface area contributed by atoms with Crippen molar-refractivity contribution in [3.63, 3.8) is 0 Å². The molecule has 0 N–H and O–H groups in total.